The zero-order valence-corrected chi connectivity index (χ0v) is 14.3. The number of carbonyl (C=O) groups excluding carboxylic acids is 2. The molecule has 0 unspecified atom stereocenters. The number of nitrogens with one attached hydrogen (secondary N) is 2. The number of hydrogen-bond donors (Lipinski definition) is 2. The fourth-order valence-electron chi connectivity index (χ4n) is 3.34. The third kappa shape index (κ3) is 3.31. The Labute approximate surface area is 151 Å². The van der Waals surface area contributed by atoms with Crippen molar-refractivity contribution in [1.82, 2.24) is 20.2 Å². The van der Waals surface area contributed by atoms with Gasteiger partial charge in [-0.15, -0.1) is 0 Å². The van der Waals surface area contributed by atoms with Crippen molar-refractivity contribution in [1.29, 1.82) is 0 Å². The number of fused-ring (bicyclic) bond motifs is 1. The number of benzene rings is 1. The summed E-state index contributed by atoms with van der Waals surface area (Å²) in [5.41, 5.74) is 2.00. The summed E-state index contributed by atoms with van der Waals surface area (Å²) in [7, 11) is 0. The number of aromatic amines is 1. The highest BCUT2D eigenvalue weighted by Gasteiger charge is 2.25. The normalized spacial score (nSPS) is 15.2. The molecule has 2 aromatic heterocycles. The molecule has 1 aromatic carbocycles. The Morgan fingerprint density at radius 1 is 1.08 bits per heavy atom. The monoisotopic (exact) mass is 348 g/mol. The van der Waals surface area contributed by atoms with Gasteiger partial charge >= 0.3 is 0 Å². The van der Waals surface area contributed by atoms with Gasteiger partial charge in [0, 0.05) is 36.2 Å². The second kappa shape index (κ2) is 7.00. The molecule has 0 saturated carbocycles. The molecule has 1 aliphatic heterocycles. The van der Waals surface area contributed by atoms with Crippen LogP contribution in [0.4, 0.5) is 0 Å². The van der Waals surface area contributed by atoms with E-state index in [0.29, 0.717) is 24.5 Å². The molecular weight excluding hydrogens is 328 g/mol. The van der Waals surface area contributed by atoms with Gasteiger partial charge in [0.25, 0.3) is 11.8 Å². The van der Waals surface area contributed by atoms with Crippen molar-refractivity contribution in [2.24, 2.45) is 0 Å². The lowest BCUT2D eigenvalue weighted by Crippen LogP contribution is -2.46. The molecule has 0 atom stereocenters. The predicted octanol–water partition coefficient (Wildman–Crippen LogP) is 2.60. The summed E-state index contributed by atoms with van der Waals surface area (Å²) in [4.78, 5) is 34.0. The van der Waals surface area contributed by atoms with Crippen LogP contribution in [0.3, 0.4) is 0 Å². The molecule has 0 aliphatic carbocycles. The fourth-order valence-corrected chi connectivity index (χ4v) is 3.34. The standard InChI is InChI=1S/C20H20N4O2/c25-19(17-7-3-4-10-21-17)22-15-8-11-24(12-9-15)20(26)18-13-14-5-1-2-6-16(14)23-18/h1-7,10,13,15,23H,8-9,11-12H2,(H,22,25). The molecule has 2 N–H and O–H groups in total. The highest BCUT2D eigenvalue weighted by Crippen LogP contribution is 2.18. The van der Waals surface area contributed by atoms with Crippen LogP contribution in [0.25, 0.3) is 10.9 Å². The number of pyridine rings is 1. The molecular formula is C20H20N4O2. The Morgan fingerprint density at radius 3 is 2.58 bits per heavy atom. The van der Waals surface area contributed by atoms with Crippen LogP contribution in [-0.4, -0.2) is 45.8 Å². The Bertz CT molecular complexity index is 894. The van der Waals surface area contributed by atoms with Crippen molar-refractivity contribution in [2.45, 2.75) is 18.9 Å². The lowest BCUT2D eigenvalue weighted by molar-refractivity contribution is 0.0693. The molecule has 1 aliphatic rings. The summed E-state index contributed by atoms with van der Waals surface area (Å²) in [6.45, 7) is 1.25. The van der Waals surface area contributed by atoms with Gasteiger partial charge in [-0.3, -0.25) is 14.6 Å². The number of piperidine rings is 1. The summed E-state index contributed by atoms with van der Waals surface area (Å²) < 4.78 is 0. The minimum absolute atomic E-state index is 0.00991. The summed E-state index contributed by atoms with van der Waals surface area (Å²) in [6, 6.07) is 15.1. The molecule has 1 fully saturated rings. The Kier molecular flexibility index (Phi) is 4.39. The van der Waals surface area contributed by atoms with Gasteiger partial charge in [-0.2, -0.15) is 0 Å². The number of H-pyrrole nitrogens is 1. The Hall–Kier alpha value is -3.15. The molecule has 132 valence electrons. The highest BCUT2D eigenvalue weighted by atomic mass is 16.2. The first-order chi connectivity index (χ1) is 12.7. The molecule has 26 heavy (non-hydrogen) atoms. The average molecular weight is 348 g/mol. The number of hydrogen-bond acceptors (Lipinski definition) is 3. The van der Waals surface area contributed by atoms with Crippen LogP contribution in [0, 0.1) is 0 Å². The van der Waals surface area contributed by atoms with Gasteiger partial charge in [0.1, 0.15) is 11.4 Å². The van der Waals surface area contributed by atoms with Crippen LogP contribution < -0.4 is 5.32 Å². The second-order valence-corrected chi connectivity index (χ2v) is 6.53. The van der Waals surface area contributed by atoms with E-state index in [2.05, 4.69) is 15.3 Å². The molecule has 6 nitrogen and oxygen atoms in total. The van der Waals surface area contributed by atoms with Crippen molar-refractivity contribution in [3.8, 4) is 0 Å². The van der Waals surface area contributed by atoms with E-state index in [-0.39, 0.29) is 17.9 Å². The number of rotatable bonds is 3. The van der Waals surface area contributed by atoms with Gasteiger partial charge in [0.2, 0.25) is 0 Å². The van der Waals surface area contributed by atoms with Crippen molar-refractivity contribution in [3.05, 3.63) is 66.1 Å². The van der Waals surface area contributed by atoms with Gasteiger partial charge in [0.15, 0.2) is 0 Å². The van der Waals surface area contributed by atoms with E-state index in [1.807, 2.05) is 35.2 Å². The lowest BCUT2D eigenvalue weighted by atomic mass is 10.0. The SMILES string of the molecule is O=C(NC1CCN(C(=O)c2cc3ccccc3[nH]2)CC1)c1ccccn1. The molecule has 4 rings (SSSR count). The minimum Gasteiger partial charge on any atom is -0.351 e. The van der Waals surface area contributed by atoms with Crippen LogP contribution in [0.2, 0.25) is 0 Å². The van der Waals surface area contributed by atoms with Crippen molar-refractivity contribution in [3.63, 3.8) is 0 Å². The van der Waals surface area contributed by atoms with Crippen LogP contribution in [0.15, 0.2) is 54.7 Å². The van der Waals surface area contributed by atoms with Crippen molar-refractivity contribution >= 4 is 22.7 Å². The fraction of sp³-hybridized carbons (Fsp3) is 0.250. The smallest absolute Gasteiger partial charge is 0.270 e. The number of amides is 2. The van der Waals surface area contributed by atoms with Crippen LogP contribution >= 0.6 is 0 Å². The van der Waals surface area contributed by atoms with E-state index in [1.54, 1.807) is 24.4 Å². The molecule has 0 spiro atoms. The number of aromatic nitrogens is 2. The predicted molar refractivity (Wildman–Crippen MR) is 98.9 cm³/mol. The number of likely N-dealkylation sites (tertiary alicyclic amines) is 1. The van der Waals surface area contributed by atoms with Crippen molar-refractivity contribution < 1.29 is 9.59 Å². The average Bonchev–Trinajstić information content (AvgIpc) is 3.13. The highest BCUT2D eigenvalue weighted by molar-refractivity contribution is 5.98. The van der Waals surface area contributed by atoms with Gasteiger partial charge in [0.05, 0.1) is 0 Å². The van der Waals surface area contributed by atoms with Gasteiger partial charge in [-0.25, -0.2) is 0 Å². The quantitative estimate of drug-likeness (QED) is 0.764. The largest absolute Gasteiger partial charge is 0.351 e. The number of para-hydroxylation sites is 1. The first-order valence-electron chi connectivity index (χ1n) is 8.79. The molecule has 1 saturated heterocycles. The Balaban J connectivity index is 1.35. The first-order valence-corrected chi connectivity index (χ1v) is 8.79. The van der Waals surface area contributed by atoms with Crippen LogP contribution in [0.1, 0.15) is 33.8 Å². The van der Waals surface area contributed by atoms with E-state index < -0.39 is 0 Å². The molecule has 6 heteroatoms. The third-order valence-electron chi connectivity index (χ3n) is 4.78. The molecule has 0 bridgehead atoms. The zero-order chi connectivity index (χ0) is 17.9. The maximum Gasteiger partial charge on any atom is 0.270 e. The maximum atomic E-state index is 12.7. The topological polar surface area (TPSA) is 78.1 Å². The molecule has 2 amide bonds. The summed E-state index contributed by atoms with van der Waals surface area (Å²) in [5, 5.41) is 4.04. The molecule has 3 heterocycles. The van der Waals surface area contributed by atoms with E-state index in [1.165, 1.54) is 0 Å². The molecule has 0 radical (unpaired) electrons. The third-order valence-corrected chi connectivity index (χ3v) is 4.78. The van der Waals surface area contributed by atoms with Gasteiger partial charge in [-0.1, -0.05) is 24.3 Å². The van der Waals surface area contributed by atoms with E-state index in [9.17, 15) is 9.59 Å². The maximum absolute atomic E-state index is 12.7. The number of carbonyl (C=O) groups is 2. The van der Waals surface area contributed by atoms with E-state index >= 15 is 0 Å². The Morgan fingerprint density at radius 2 is 1.85 bits per heavy atom. The summed E-state index contributed by atoms with van der Waals surface area (Å²) >= 11 is 0. The van der Waals surface area contributed by atoms with Crippen LogP contribution in [0.5, 0.6) is 0 Å². The van der Waals surface area contributed by atoms with Gasteiger partial charge in [-0.05, 0) is 37.1 Å². The first kappa shape index (κ1) is 16.3. The van der Waals surface area contributed by atoms with E-state index in [4.69, 9.17) is 0 Å². The molecule has 3 aromatic rings. The summed E-state index contributed by atoms with van der Waals surface area (Å²) in [5.74, 6) is -0.151. The summed E-state index contributed by atoms with van der Waals surface area (Å²) in [6.07, 6.45) is 3.09. The van der Waals surface area contributed by atoms with Crippen LogP contribution in [-0.2, 0) is 0 Å². The van der Waals surface area contributed by atoms with E-state index in [0.717, 1.165) is 23.7 Å². The lowest BCUT2D eigenvalue weighted by Gasteiger charge is -2.32. The minimum atomic E-state index is -0.161. The second-order valence-electron chi connectivity index (χ2n) is 6.53. The zero-order valence-electron chi connectivity index (χ0n) is 14.3. The van der Waals surface area contributed by atoms with Gasteiger partial charge < -0.3 is 15.2 Å². The van der Waals surface area contributed by atoms with Crippen molar-refractivity contribution in [2.75, 3.05) is 13.1 Å². The number of nitrogens with zero attached hydrogens (tertiary/aromatic N) is 2.